The lowest BCUT2D eigenvalue weighted by Crippen LogP contribution is -2.67. The Balaban J connectivity index is 1.03. The fourth-order valence-electron chi connectivity index (χ4n) is 14.8. The normalized spacial score (nSPS) is 55.1. The number of rotatable bonds is 10. The van der Waals surface area contributed by atoms with Crippen LogP contribution in [-0.2, 0) is 33.2 Å². The first-order chi connectivity index (χ1) is 31.0. The van der Waals surface area contributed by atoms with E-state index in [9.17, 15) is 66.1 Å². The van der Waals surface area contributed by atoms with Crippen LogP contribution in [0.25, 0.3) is 0 Å². The lowest BCUT2D eigenvalue weighted by atomic mass is 9.33. The van der Waals surface area contributed by atoms with E-state index in [0.29, 0.717) is 44.9 Å². The lowest BCUT2D eigenvalue weighted by Gasteiger charge is -2.71. The highest BCUT2D eigenvalue weighted by Crippen LogP contribution is 2.76. The third-order valence-electron chi connectivity index (χ3n) is 19.3. The molecule has 0 aromatic carbocycles. The van der Waals surface area contributed by atoms with Crippen molar-refractivity contribution >= 4 is 5.97 Å². The SMILES string of the molecule is C[C@]1(CO)CC[C@]2(C(=O)O[C@@H]3O[C@@H](CO)[C@H](O)[C@@H](O)[C@@H]3O)CC[C@]3(C)C(=CC[C@@H]4[C@@]5(C)CC[C@H](O[C@@H]6OC[C@H](O)[C@H](O[C@@H]7O[C@H](CO)[C@@H](O)[C@H](O)[C@H]7O)[C@H]6O)[C@@](C)(CO)[C@@H]5CC[C@]43C)[C@@H]2C1. The number of esters is 1. The number of aliphatic hydroxyl groups excluding tert-OH is 12. The minimum absolute atomic E-state index is 0.0404. The quantitative estimate of drug-likeness (QED) is 0.0690. The van der Waals surface area contributed by atoms with E-state index in [4.69, 9.17) is 28.4 Å². The van der Waals surface area contributed by atoms with Crippen LogP contribution in [-0.4, -0.2) is 192 Å². The number of carbonyl (C=O) groups is 1. The van der Waals surface area contributed by atoms with Crippen molar-refractivity contribution in [2.24, 2.45) is 50.2 Å². The van der Waals surface area contributed by atoms with Gasteiger partial charge in [-0.1, -0.05) is 46.3 Å². The predicted octanol–water partition coefficient (Wildman–Crippen LogP) is -1.28. The molecule has 19 nitrogen and oxygen atoms in total. The summed E-state index contributed by atoms with van der Waals surface area (Å²) in [7, 11) is 0. The molecule has 3 heterocycles. The molecule has 0 unspecified atom stereocenters. The highest BCUT2D eigenvalue weighted by Gasteiger charge is 2.71. The third-order valence-corrected chi connectivity index (χ3v) is 19.3. The van der Waals surface area contributed by atoms with Crippen LogP contribution in [0.3, 0.4) is 0 Å². The zero-order valence-electron chi connectivity index (χ0n) is 38.8. The molecule has 0 bridgehead atoms. The molecule has 0 aromatic rings. The zero-order chi connectivity index (χ0) is 48.1. The minimum Gasteiger partial charge on any atom is -0.432 e. The Labute approximate surface area is 385 Å². The average molecular weight is 945 g/mol. The Bertz CT molecular complexity index is 1780. The highest BCUT2D eigenvalue weighted by atomic mass is 16.7. The maximum Gasteiger partial charge on any atom is 0.315 e. The van der Waals surface area contributed by atoms with Crippen LogP contribution in [0, 0.1) is 50.2 Å². The summed E-state index contributed by atoms with van der Waals surface area (Å²) in [6, 6.07) is 0. The van der Waals surface area contributed by atoms with Crippen LogP contribution < -0.4 is 0 Å². The first kappa shape index (κ1) is 50.9. The first-order valence-corrected chi connectivity index (χ1v) is 24.1. The van der Waals surface area contributed by atoms with Gasteiger partial charge in [0.1, 0.15) is 67.1 Å². The van der Waals surface area contributed by atoms with Crippen LogP contribution in [0.4, 0.5) is 0 Å². The molecule has 8 aliphatic rings. The molecular weight excluding hydrogens is 868 g/mol. The van der Waals surface area contributed by atoms with Gasteiger partial charge >= 0.3 is 5.97 Å². The van der Waals surface area contributed by atoms with Crippen molar-refractivity contribution in [2.75, 3.05) is 33.0 Å². The molecule has 7 fully saturated rings. The number of hydrogen-bond acceptors (Lipinski definition) is 19. The average Bonchev–Trinajstić information content (AvgIpc) is 3.29. The van der Waals surface area contributed by atoms with Gasteiger partial charge in [-0.2, -0.15) is 0 Å². The van der Waals surface area contributed by atoms with Gasteiger partial charge in [0.05, 0.1) is 37.9 Å². The largest absolute Gasteiger partial charge is 0.432 e. The number of allylic oxidation sites excluding steroid dienone is 2. The van der Waals surface area contributed by atoms with Crippen LogP contribution in [0.2, 0.25) is 0 Å². The Morgan fingerprint density at radius 2 is 1.29 bits per heavy atom. The monoisotopic (exact) mass is 944 g/mol. The molecule has 0 radical (unpaired) electrons. The van der Waals surface area contributed by atoms with Crippen LogP contribution in [0.1, 0.15) is 98.8 Å². The van der Waals surface area contributed by atoms with E-state index in [-0.39, 0.29) is 53.8 Å². The van der Waals surface area contributed by atoms with E-state index in [0.717, 1.165) is 24.8 Å². The van der Waals surface area contributed by atoms with E-state index in [2.05, 4.69) is 26.8 Å². The summed E-state index contributed by atoms with van der Waals surface area (Å²) in [6.07, 6.45) is -13.8. The highest BCUT2D eigenvalue weighted by molar-refractivity contribution is 5.79. The van der Waals surface area contributed by atoms with Gasteiger partial charge in [-0.15, -0.1) is 0 Å². The van der Waals surface area contributed by atoms with Crippen molar-refractivity contribution in [3.8, 4) is 0 Å². The molecule has 0 spiro atoms. The van der Waals surface area contributed by atoms with E-state index >= 15 is 0 Å². The van der Waals surface area contributed by atoms with Gasteiger partial charge in [0.2, 0.25) is 6.29 Å². The second kappa shape index (κ2) is 18.3. The number of carbonyl (C=O) groups excluding carboxylic acids is 1. The van der Waals surface area contributed by atoms with Gasteiger partial charge in [0.15, 0.2) is 12.6 Å². The van der Waals surface area contributed by atoms with Crippen molar-refractivity contribution in [1.29, 1.82) is 0 Å². The summed E-state index contributed by atoms with van der Waals surface area (Å²) in [5.74, 6) is -0.785. The van der Waals surface area contributed by atoms with E-state index in [1.54, 1.807) is 0 Å². The number of ether oxygens (including phenoxy) is 6. The summed E-state index contributed by atoms with van der Waals surface area (Å²) >= 11 is 0. The van der Waals surface area contributed by atoms with Crippen molar-refractivity contribution < 1.29 is 94.5 Å². The molecular formula is C47H76O19. The summed E-state index contributed by atoms with van der Waals surface area (Å²) in [4.78, 5) is 14.7. The van der Waals surface area contributed by atoms with E-state index < -0.39 is 128 Å². The Kier molecular flexibility index (Phi) is 14.1. The van der Waals surface area contributed by atoms with Gasteiger partial charge in [-0.25, -0.2) is 0 Å². The number of aliphatic hydroxyl groups is 12. The Morgan fingerprint density at radius 1 is 0.667 bits per heavy atom. The summed E-state index contributed by atoms with van der Waals surface area (Å²) in [5, 5.41) is 127. The standard InChI is InChI=1S/C47H76O19/c1-42(20-50)12-14-47(41(60)66-40-35(58)33(56)31(54)26(18-49)63-40)15-13-45(4)22(23(47)16-42)6-7-28-43(2)10-9-29(44(3,21-51)27(43)8-11-46(28,45)5)64-38-36(59)37(24(52)19-61-38)65-39-34(57)32(55)30(53)25(17-48)62-39/h6,23-40,48-59H,7-21H2,1-5H3/t23-,24-,25+,26-,27+,28+,29-,30+,31-,32-,33+,34+,35-,36+,37-,38-,39-,40-,42-,43-,44-,45+,46+,47-/m0/s1. The summed E-state index contributed by atoms with van der Waals surface area (Å²) in [6.45, 7) is 9.08. The molecule has 8 rings (SSSR count). The molecule has 5 aliphatic carbocycles. The summed E-state index contributed by atoms with van der Waals surface area (Å²) in [5.41, 5.74) is -2.08. The lowest BCUT2D eigenvalue weighted by molar-refractivity contribution is -0.358. The number of fused-ring (bicyclic) bond motifs is 7. The first-order valence-electron chi connectivity index (χ1n) is 24.1. The van der Waals surface area contributed by atoms with Gasteiger partial charge in [0.25, 0.3) is 0 Å². The van der Waals surface area contributed by atoms with Crippen LogP contribution in [0.5, 0.6) is 0 Å². The van der Waals surface area contributed by atoms with Crippen molar-refractivity contribution in [1.82, 2.24) is 0 Å². The van der Waals surface area contributed by atoms with Crippen molar-refractivity contribution in [3.63, 3.8) is 0 Å². The van der Waals surface area contributed by atoms with Crippen LogP contribution >= 0.6 is 0 Å². The molecule has 19 heteroatoms. The van der Waals surface area contributed by atoms with Gasteiger partial charge in [-0.3, -0.25) is 4.79 Å². The molecule has 3 aliphatic heterocycles. The smallest absolute Gasteiger partial charge is 0.315 e. The number of hydrogen-bond donors (Lipinski definition) is 12. The van der Waals surface area contributed by atoms with Gasteiger partial charge < -0.3 is 89.7 Å². The second-order valence-electron chi connectivity index (χ2n) is 22.7. The maximum absolute atomic E-state index is 14.7. The topological polar surface area (TPSA) is 315 Å². The fraction of sp³-hybridized carbons (Fsp3) is 0.936. The molecule has 24 atom stereocenters. The molecule has 4 saturated carbocycles. The van der Waals surface area contributed by atoms with Crippen molar-refractivity contribution in [2.45, 2.75) is 191 Å². The molecule has 66 heavy (non-hydrogen) atoms. The maximum atomic E-state index is 14.7. The zero-order valence-corrected chi connectivity index (χ0v) is 38.8. The van der Waals surface area contributed by atoms with E-state index in [1.807, 2.05) is 13.8 Å². The fourth-order valence-corrected chi connectivity index (χ4v) is 14.8. The van der Waals surface area contributed by atoms with E-state index in [1.165, 1.54) is 0 Å². The molecule has 378 valence electrons. The second-order valence-corrected chi connectivity index (χ2v) is 22.7. The molecule has 0 amide bonds. The predicted molar refractivity (Wildman–Crippen MR) is 227 cm³/mol. The summed E-state index contributed by atoms with van der Waals surface area (Å²) < 4.78 is 35.3. The van der Waals surface area contributed by atoms with Crippen molar-refractivity contribution in [3.05, 3.63) is 11.6 Å². The molecule has 12 N–H and O–H groups in total. The van der Waals surface area contributed by atoms with Crippen LogP contribution in [0.15, 0.2) is 11.6 Å². The Hall–Kier alpha value is -1.47. The molecule has 0 aromatic heterocycles. The van der Waals surface area contributed by atoms with Gasteiger partial charge in [-0.05, 0) is 104 Å². The van der Waals surface area contributed by atoms with Gasteiger partial charge in [0, 0.05) is 12.0 Å². The minimum atomic E-state index is -1.76. The molecule has 3 saturated heterocycles. The third kappa shape index (κ3) is 7.77. The Morgan fingerprint density at radius 3 is 1.91 bits per heavy atom.